The first kappa shape index (κ1) is 11.6. The normalized spacial score (nSPS) is 10.8. The molecular weight excluding hydrogens is 275 g/mol. The number of hydrogen-bond acceptors (Lipinski definition) is 2. The molecule has 0 saturated carbocycles. The summed E-state index contributed by atoms with van der Waals surface area (Å²) in [6, 6.07) is 2.30. The average molecular weight is 281 g/mol. The largest absolute Gasteiger partial charge is 0.267 e. The Hall–Kier alpha value is -0.840. The smallest absolute Gasteiger partial charge is 0.229 e. The predicted molar refractivity (Wildman–Crippen MR) is 61.1 cm³/mol. The molecule has 0 unspecified atom stereocenters. The molecule has 2 rings (SSSR count). The number of aromatic nitrogens is 3. The fraction of sp³-hybridized carbons (Fsp3) is 0.111. The van der Waals surface area contributed by atoms with Crippen LogP contribution in [0.5, 0.6) is 0 Å². The molecular formula is C9H5Cl3FN3. The molecule has 0 N–H and O–H groups in total. The van der Waals surface area contributed by atoms with Gasteiger partial charge in [0, 0.05) is 0 Å². The maximum absolute atomic E-state index is 13.0. The van der Waals surface area contributed by atoms with Crippen molar-refractivity contribution in [2.75, 3.05) is 0 Å². The standard InChI is InChI=1S/C9H5Cl3FN3/c1-4-14-15-9(12)16(4)8-6(10)2-5(13)3-7(8)11/h2-3H,1H3. The summed E-state index contributed by atoms with van der Waals surface area (Å²) in [7, 11) is 0. The number of nitrogens with zero attached hydrogens (tertiary/aromatic N) is 3. The number of halogens is 4. The molecule has 0 fully saturated rings. The van der Waals surface area contributed by atoms with Gasteiger partial charge in [-0.15, -0.1) is 10.2 Å². The molecule has 84 valence electrons. The van der Waals surface area contributed by atoms with Crippen molar-refractivity contribution in [1.29, 1.82) is 0 Å². The highest BCUT2D eigenvalue weighted by atomic mass is 35.5. The molecule has 7 heteroatoms. The lowest BCUT2D eigenvalue weighted by Crippen LogP contribution is -2.00. The van der Waals surface area contributed by atoms with Gasteiger partial charge >= 0.3 is 0 Å². The molecule has 0 spiro atoms. The van der Waals surface area contributed by atoms with Gasteiger partial charge in [-0.1, -0.05) is 23.2 Å². The van der Waals surface area contributed by atoms with Crippen LogP contribution in [-0.4, -0.2) is 14.8 Å². The van der Waals surface area contributed by atoms with Crippen LogP contribution in [0.2, 0.25) is 15.3 Å². The second-order valence-corrected chi connectivity index (χ2v) is 4.22. The number of aryl methyl sites for hydroxylation is 1. The van der Waals surface area contributed by atoms with E-state index >= 15 is 0 Å². The van der Waals surface area contributed by atoms with Gasteiger partial charge < -0.3 is 0 Å². The Morgan fingerprint density at radius 3 is 2.12 bits per heavy atom. The topological polar surface area (TPSA) is 30.7 Å². The first-order valence-corrected chi connectivity index (χ1v) is 5.36. The molecule has 0 radical (unpaired) electrons. The molecule has 1 heterocycles. The molecule has 0 saturated heterocycles. The molecule has 1 aromatic heterocycles. The Morgan fingerprint density at radius 1 is 1.12 bits per heavy atom. The second kappa shape index (κ2) is 4.20. The zero-order valence-corrected chi connectivity index (χ0v) is 10.3. The minimum atomic E-state index is -0.513. The van der Waals surface area contributed by atoms with Crippen LogP contribution in [0.15, 0.2) is 12.1 Å². The molecule has 2 aromatic rings. The van der Waals surface area contributed by atoms with Crippen LogP contribution in [0.1, 0.15) is 5.82 Å². The van der Waals surface area contributed by atoms with E-state index in [4.69, 9.17) is 34.8 Å². The van der Waals surface area contributed by atoms with Gasteiger partial charge in [0.25, 0.3) is 0 Å². The van der Waals surface area contributed by atoms with Gasteiger partial charge in [0.1, 0.15) is 11.6 Å². The lowest BCUT2D eigenvalue weighted by molar-refractivity contribution is 0.627. The van der Waals surface area contributed by atoms with Gasteiger partial charge in [0.2, 0.25) is 5.28 Å². The van der Waals surface area contributed by atoms with Crippen molar-refractivity contribution in [2.45, 2.75) is 6.92 Å². The quantitative estimate of drug-likeness (QED) is 0.798. The summed E-state index contributed by atoms with van der Waals surface area (Å²) in [5, 5.41) is 7.85. The van der Waals surface area contributed by atoms with E-state index in [0.717, 1.165) is 12.1 Å². The zero-order chi connectivity index (χ0) is 11.9. The van der Waals surface area contributed by atoms with E-state index < -0.39 is 5.82 Å². The minimum absolute atomic E-state index is 0.118. The molecule has 0 atom stereocenters. The first-order valence-electron chi connectivity index (χ1n) is 4.23. The van der Waals surface area contributed by atoms with E-state index in [1.165, 1.54) is 4.57 Å². The van der Waals surface area contributed by atoms with Crippen molar-refractivity contribution in [2.24, 2.45) is 0 Å². The number of rotatable bonds is 1. The van der Waals surface area contributed by atoms with E-state index in [1.54, 1.807) is 6.92 Å². The highest BCUT2D eigenvalue weighted by Gasteiger charge is 2.16. The summed E-state index contributed by atoms with van der Waals surface area (Å²) in [6.07, 6.45) is 0. The van der Waals surface area contributed by atoms with E-state index in [1.807, 2.05) is 0 Å². The third-order valence-corrected chi connectivity index (χ3v) is 2.81. The predicted octanol–water partition coefficient (Wildman–Crippen LogP) is 3.68. The van der Waals surface area contributed by atoms with Crippen molar-refractivity contribution in [3.63, 3.8) is 0 Å². The van der Waals surface area contributed by atoms with E-state index in [-0.39, 0.29) is 15.3 Å². The average Bonchev–Trinajstić information content (AvgIpc) is 2.47. The number of hydrogen-bond donors (Lipinski definition) is 0. The van der Waals surface area contributed by atoms with Gasteiger partial charge in [-0.05, 0) is 30.7 Å². The van der Waals surface area contributed by atoms with Gasteiger partial charge in [-0.2, -0.15) is 0 Å². The Labute approximate surface area is 106 Å². The highest BCUT2D eigenvalue weighted by Crippen LogP contribution is 2.32. The van der Waals surface area contributed by atoms with Gasteiger partial charge in [-0.3, -0.25) is 4.57 Å². The van der Waals surface area contributed by atoms with Crippen LogP contribution in [-0.2, 0) is 0 Å². The molecule has 0 aliphatic rings. The van der Waals surface area contributed by atoms with E-state index in [2.05, 4.69) is 10.2 Å². The third kappa shape index (κ3) is 1.88. The lowest BCUT2D eigenvalue weighted by Gasteiger charge is -2.09. The van der Waals surface area contributed by atoms with Gasteiger partial charge in [-0.25, -0.2) is 4.39 Å². The third-order valence-electron chi connectivity index (χ3n) is 1.99. The summed E-state index contributed by atoms with van der Waals surface area (Å²) in [6.45, 7) is 1.69. The minimum Gasteiger partial charge on any atom is -0.267 e. The van der Waals surface area contributed by atoms with E-state index in [9.17, 15) is 4.39 Å². The highest BCUT2D eigenvalue weighted by molar-refractivity contribution is 6.38. The van der Waals surface area contributed by atoms with Crippen LogP contribution in [0.25, 0.3) is 5.69 Å². The fourth-order valence-corrected chi connectivity index (χ4v) is 2.21. The number of benzene rings is 1. The second-order valence-electron chi connectivity index (χ2n) is 3.07. The molecule has 3 nitrogen and oxygen atoms in total. The van der Waals surface area contributed by atoms with Crippen molar-refractivity contribution in [3.8, 4) is 5.69 Å². The maximum Gasteiger partial charge on any atom is 0.229 e. The summed E-state index contributed by atoms with van der Waals surface area (Å²) in [4.78, 5) is 0. The lowest BCUT2D eigenvalue weighted by atomic mass is 10.3. The van der Waals surface area contributed by atoms with Crippen molar-refractivity contribution in [3.05, 3.63) is 39.1 Å². The van der Waals surface area contributed by atoms with Crippen LogP contribution in [0.3, 0.4) is 0 Å². The molecule has 16 heavy (non-hydrogen) atoms. The van der Waals surface area contributed by atoms with Gasteiger partial charge in [0.05, 0.1) is 15.7 Å². The zero-order valence-electron chi connectivity index (χ0n) is 8.01. The fourth-order valence-electron chi connectivity index (χ4n) is 1.34. The SMILES string of the molecule is Cc1nnc(Cl)n1-c1c(Cl)cc(F)cc1Cl. The van der Waals surface area contributed by atoms with Gasteiger partial charge in [0.15, 0.2) is 0 Å². The molecule has 0 bridgehead atoms. The summed E-state index contributed by atoms with van der Waals surface area (Å²) >= 11 is 17.7. The van der Waals surface area contributed by atoms with E-state index in [0.29, 0.717) is 11.5 Å². The monoisotopic (exact) mass is 279 g/mol. The summed E-state index contributed by atoms with van der Waals surface area (Å²) in [5.41, 5.74) is 0.372. The van der Waals surface area contributed by atoms with Crippen LogP contribution in [0.4, 0.5) is 4.39 Å². The summed E-state index contributed by atoms with van der Waals surface area (Å²) < 4.78 is 14.5. The molecule has 1 aromatic carbocycles. The Kier molecular flexibility index (Phi) is 3.06. The van der Waals surface area contributed by atoms with Crippen molar-refractivity contribution in [1.82, 2.24) is 14.8 Å². The van der Waals surface area contributed by atoms with Crippen LogP contribution < -0.4 is 0 Å². The maximum atomic E-state index is 13.0. The van der Waals surface area contributed by atoms with Crippen molar-refractivity contribution < 1.29 is 4.39 Å². The van der Waals surface area contributed by atoms with Crippen molar-refractivity contribution >= 4 is 34.8 Å². The molecule has 0 aliphatic heterocycles. The van der Waals surface area contributed by atoms with Crippen LogP contribution >= 0.6 is 34.8 Å². The molecule has 0 amide bonds. The Bertz CT molecular complexity index is 510. The Morgan fingerprint density at radius 2 is 1.69 bits per heavy atom. The first-order chi connectivity index (χ1) is 7.50. The summed E-state index contributed by atoms with van der Waals surface area (Å²) in [5.74, 6) is 0.000933. The van der Waals surface area contributed by atoms with Crippen LogP contribution in [0, 0.1) is 12.7 Å². The Balaban J connectivity index is 2.74. The molecule has 0 aliphatic carbocycles.